The quantitative estimate of drug-likeness (QED) is 0.636. The Morgan fingerprint density at radius 1 is 1.46 bits per heavy atom. The van der Waals surface area contributed by atoms with E-state index in [1.54, 1.807) is 0 Å². The fourth-order valence-corrected chi connectivity index (χ4v) is 1.51. The summed E-state index contributed by atoms with van der Waals surface area (Å²) in [6, 6.07) is 0.373. The van der Waals surface area contributed by atoms with Crippen LogP contribution >= 0.6 is 0 Å². The molecule has 1 heterocycles. The molecule has 0 aliphatic rings. The van der Waals surface area contributed by atoms with Crippen molar-refractivity contribution in [1.29, 1.82) is 0 Å². The number of aryl methyl sites for hydroxylation is 1. The van der Waals surface area contributed by atoms with Gasteiger partial charge in [-0.1, -0.05) is 0 Å². The molecule has 0 amide bonds. The second-order valence-corrected chi connectivity index (χ2v) is 3.50. The maximum atomic E-state index is 6.84. The number of nitrogens with zero attached hydrogens (tertiary/aromatic N) is 3. The van der Waals surface area contributed by atoms with Crippen molar-refractivity contribution >= 4 is 0 Å². The van der Waals surface area contributed by atoms with E-state index in [-0.39, 0.29) is 0 Å². The third-order valence-electron chi connectivity index (χ3n) is 2.20. The Morgan fingerprint density at radius 3 is 2.46 bits per heavy atom. The highest BCUT2D eigenvalue weighted by Crippen LogP contribution is 2.17. The van der Waals surface area contributed by atoms with Crippen LogP contribution < -0.4 is 0 Å². The summed E-state index contributed by atoms with van der Waals surface area (Å²) >= 11 is 0. The highest BCUT2D eigenvalue weighted by molar-refractivity contribution is 5.25. The van der Waals surface area contributed by atoms with Crippen LogP contribution in [0.3, 0.4) is 0 Å². The largest absolute Gasteiger partial charge is 0.312 e. The minimum Gasteiger partial charge on any atom is -0.312 e. The van der Waals surface area contributed by atoms with E-state index in [2.05, 4.69) is 23.8 Å². The molecule has 0 unspecified atom stereocenters. The van der Waals surface area contributed by atoms with Gasteiger partial charge in [0.2, 0.25) is 6.54 Å². The van der Waals surface area contributed by atoms with E-state index in [1.807, 2.05) is 18.5 Å². The second-order valence-electron chi connectivity index (χ2n) is 3.50. The average molecular weight is 177 g/mol. The number of hydrogen-bond acceptors (Lipinski definition) is 1. The minimum atomic E-state index is 0.373. The first-order valence-corrected chi connectivity index (χ1v) is 4.45. The van der Waals surface area contributed by atoms with E-state index in [4.69, 9.17) is 6.57 Å². The second kappa shape index (κ2) is 3.61. The number of hydrogen-bond donors (Lipinski definition) is 0. The fourth-order valence-electron chi connectivity index (χ4n) is 1.51. The van der Waals surface area contributed by atoms with Gasteiger partial charge in [0.15, 0.2) is 0 Å². The zero-order valence-electron chi connectivity index (χ0n) is 8.63. The first kappa shape index (κ1) is 9.79. The predicted molar refractivity (Wildman–Crippen MR) is 52.4 cm³/mol. The van der Waals surface area contributed by atoms with Gasteiger partial charge in [-0.2, -0.15) is 5.10 Å². The lowest BCUT2D eigenvalue weighted by Crippen LogP contribution is -2.05. The molecule has 70 valence electrons. The molecule has 3 heteroatoms. The first-order chi connectivity index (χ1) is 6.07. The van der Waals surface area contributed by atoms with Gasteiger partial charge in [-0.25, -0.2) is 6.57 Å². The molecule has 1 rings (SSSR count). The summed E-state index contributed by atoms with van der Waals surface area (Å²) in [7, 11) is 0. The van der Waals surface area contributed by atoms with Crippen molar-refractivity contribution in [2.75, 3.05) is 0 Å². The molecule has 0 atom stereocenters. The van der Waals surface area contributed by atoms with Crippen molar-refractivity contribution in [2.45, 2.75) is 40.3 Å². The Bertz CT molecular complexity index is 342. The zero-order chi connectivity index (χ0) is 10.0. The Morgan fingerprint density at radius 2 is 2.08 bits per heavy atom. The smallest absolute Gasteiger partial charge is 0.243 e. The Hall–Kier alpha value is -1.30. The van der Waals surface area contributed by atoms with E-state index >= 15 is 0 Å². The number of aromatic nitrogens is 2. The maximum Gasteiger partial charge on any atom is 0.243 e. The van der Waals surface area contributed by atoms with Crippen LogP contribution in [0, 0.1) is 20.4 Å². The van der Waals surface area contributed by atoms with Gasteiger partial charge in [-0.3, -0.25) is 4.68 Å². The molecule has 1 aromatic heterocycles. The van der Waals surface area contributed by atoms with Crippen LogP contribution in [0.1, 0.15) is 36.8 Å². The van der Waals surface area contributed by atoms with Gasteiger partial charge in [-0.15, -0.1) is 0 Å². The summed E-state index contributed by atoms with van der Waals surface area (Å²) in [5.74, 6) is 0. The molecule has 0 aliphatic heterocycles. The van der Waals surface area contributed by atoms with Gasteiger partial charge >= 0.3 is 0 Å². The third-order valence-corrected chi connectivity index (χ3v) is 2.20. The number of rotatable bonds is 2. The van der Waals surface area contributed by atoms with Crippen LogP contribution in [0.4, 0.5) is 0 Å². The lowest BCUT2D eigenvalue weighted by molar-refractivity contribution is 0.516. The van der Waals surface area contributed by atoms with Crippen molar-refractivity contribution in [3.63, 3.8) is 0 Å². The van der Waals surface area contributed by atoms with Crippen LogP contribution in [-0.4, -0.2) is 9.78 Å². The van der Waals surface area contributed by atoms with Crippen LogP contribution in [0.2, 0.25) is 0 Å². The van der Waals surface area contributed by atoms with Gasteiger partial charge < -0.3 is 4.85 Å². The average Bonchev–Trinajstić information content (AvgIpc) is 2.32. The molecule has 0 radical (unpaired) electrons. The minimum absolute atomic E-state index is 0.373. The molecular weight excluding hydrogens is 162 g/mol. The molecule has 1 aromatic rings. The van der Waals surface area contributed by atoms with Gasteiger partial charge in [-0.05, 0) is 27.7 Å². The van der Waals surface area contributed by atoms with E-state index < -0.39 is 0 Å². The molecule has 0 aromatic carbocycles. The van der Waals surface area contributed by atoms with Crippen LogP contribution in [0.5, 0.6) is 0 Å². The predicted octanol–water partition coefficient (Wildman–Crippen LogP) is 2.50. The Kier molecular flexibility index (Phi) is 2.72. The van der Waals surface area contributed by atoms with Crippen LogP contribution in [-0.2, 0) is 6.54 Å². The monoisotopic (exact) mass is 177 g/mol. The lowest BCUT2D eigenvalue weighted by Gasteiger charge is -2.07. The van der Waals surface area contributed by atoms with Gasteiger partial charge in [0, 0.05) is 11.7 Å². The normalized spacial score (nSPS) is 10.5. The first-order valence-electron chi connectivity index (χ1n) is 4.45. The van der Waals surface area contributed by atoms with E-state index in [1.165, 1.54) is 0 Å². The summed E-state index contributed by atoms with van der Waals surface area (Å²) in [6.07, 6.45) is 0. The molecule has 0 N–H and O–H groups in total. The fraction of sp³-hybridized carbons (Fsp3) is 0.600. The highest BCUT2D eigenvalue weighted by Gasteiger charge is 2.14. The standard InChI is InChI=1S/C10H15N3/c1-7(2)13-9(4)10(6-11-5)8(3)12-13/h7H,6H2,1-4H3. The molecule has 13 heavy (non-hydrogen) atoms. The molecular formula is C10H15N3. The van der Waals surface area contributed by atoms with Crippen molar-refractivity contribution < 1.29 is 0 Å². The Labute approximate surface area is 79.2 Å². The summed E-state index contributed by atoms with van der Waals surface area (Å²) < 4.78 is 1.98. The third kappa shape index (κ3) is 1.72. The molecule has 3 nitrogen and oxygen atoms in total. The molecule has 0 bridgehead atoms. The molecule has 0 spiro atoms. The van der Waals surface area contributed by atoms with Gasteiger partial charge in [0.1, 0.15) is 0 Å². The van der Waals surface area contributed by atoms with Crippen molar-refractivity contribution in [3.05, 3.63) is 28.4 Å². The van der Waals surface area contributed by atoms with E-state index in [0.29, 0.717) is 12.6 Å². The van der Waals surface area contributed by atoms with E-state index in [0.717, 1.165) is 17.0 Å². The van der Waals surface area contributed by atoms with Crippen molar-refractivity contribution in [3.8, 4) is 0 Å². The topological polar surface area (TPSA) is 22.2 Å². The summed E-state index contributed by atoms with van der Waals surface area (Å²) in [5, 5.41) is 4.40. The zero-order valence-corrected chi connectivity index (χ0v) is 8.63. The van der Waals surface area contributed by atoms with E-state index in [9.17, 15) is 0 Å². The molecule has 0 saturated carbocycles. The Balaban J connectivity index is 3.16. The lowest BCUT2D eigenvalue weighted by atomic mass is 10.2. The van der Waals surface area contributed by atoms with Gasteiger partial charge in [0.25, 0.3) is 0 Å². The van der Waals surface area contributed by atoms with Crippen molar-refractivity contribution in [2.24, 2.45) is 0 Å². The summed E-state index contributed by atoms with van der Waals surface area (Å²) in [5.41, 5.74) is 3.20. The highest BCUT2D eigenvalue weighted by atomic mass is 15.3. The summed E-state index contributed by atoms with van der Waals surface area (Å²) in [6.45, 7) is 15.5. The van der Waals surface area contributed by atoms with Crippen LogP contribution in [0.25, 0.3) is 4.85 Å². The molecule has 0 fully saturated rings. The molecule has 0 aliphatic carbocycles. The maximum absolute atomic E-state index is 6.84. The van der Waals surface area contributed by atoms with Crippen molar-refractivity contribution in [1.82, 2.24) is 9.78 Å². The molecule has 0 saturated heterocycles. The van der Waals surface area contributed by atoms with Gasteiger partial charge in [0.05, 0.1) is 11.3 Å². The summed E-state index contributed by atoms with van der Waals surface area (Å²) in [4.78, 5) is 3.40. The van der Waals surface area contributed by atoms with Crippen LogP contribution in [0.15, 0.2) is 0 Å². The SMILES string of the molecule is [C-]#[N+]Cc1c(C)nn(C(C)C)c1C.